The number of rotatable bonds is 5. The van der Waals surface area contributed by atoms with E-state index in [4.69, 9.17) is 5.11 Å². The minimum atomic E-state index is -1.05. The summed E-state index contributed by atoms with van der Waals surface area (Å²) in [5.41, 5.74) is -1.67. The molecule has 0 bridgehead atoms. The van der Waals surface area contributed by atoms with E-state index in [-0.39, 0.29) is 16.5 Å². The summed E-state index contributed by atoms with van der Waals surface area (Å²) >= 11 is 2.93. The summed E-state index contributed by atoms with van der Waals surface area (Å²) in [4.78, 5) is 33.2. The molecule has 0 unspecified atom stereocenters. The van der Waals surface area contributed by atoms with E-state index in [0.29, 0.717) is 18.9 Å². The number of halogens is 2. The van der Waals surface area contributed by atoms with Crippen molar-refractivity contribution in [1.82, 2.24) is 5.32 Å². The van der Waals surface area contributed by atoms with Crippen molar-refractivity contribution in [3.05, 3.63) is 38.1 Å². The summed E-state index contributed by atoms with van der Waals surface area (Å²) in [5, 5.41) is 22.3. The van der Waals surface area contributed by atoms with Crippen LogP contribution >= 0.6 is 15.9 Å². The molecule has 22 heavy (non-hydrogen) atoms. The van der Waals surface area contributed by atoms with E-state index in [1.54, 1.807) is 0 Å². The molecule has 1 saturated carbocycles. The van der Waals surface area contributed by atoms with Crippen molar-refractivity contribution in [2.24, 2.45) is 0 Å². The van der Waals surface area contributed by atoms with Gasteiger partial charge in [0.2, 0.25) is 0 Å². The van der Waals surface area contributed by atoms with Gasteiger partial charge >= 0.3 is 5.97 Å². The maximum atomic E-state index is 13.5. The standard InChI is InChI=1S/C13H12BrFN2O5/c14-11-8(4-7(15)5-9(11)17(21)22)12(20)16-13(2-1-3-13)6-10(18)19/h4-5H,1-3,6H2,(H,16,20)(H,18,19). The first kappa shape index (κ1) is 16.3. The van der Waals surface area contributed by atoms with Gasteiger partial charge in [0.1, 0.15) is 10.3 Å². The zero-order chi connectivity index (χ0) is 16.5. The average Bonchev–Trinajstić information content (AvgIpc) is 2.37. The first-order valence-corrected chi connectivity index (χ1v) is 7.21. The number of nitrogens with zero attached hydrogens (tertiary/aromatic N) is 1. The minimum Gasteiger partial charge on any atom is -0.481 e. The molecule has 1 fully saturated rings. The van der Waals surface area contributed by atoms with Crippen LogP contribution in [-0.4, -0.2) is 27.4 Å². The lowest BCUT2D eigenvalue weighted by atomic mass is 9.74. The van der Waals surface area contributed by atoms with Crippen molar-refractivity contribution >= 4 is 33.5 Å². The van der Waals surface area contributed by atoms with E-state index in [9.17, 15) is 24.1 Å². The second kappa shape index (κ2) is 5.99. The van der Waals surface area contributed by atoms with Gasteiger partial charge in [0, 0.05) is 0 Å². The Morgan fingerprint density at radius 3 is 2.55 bits per heavy atom. The molecule has 9 heteroatoms. The number of carboxylic acids is 1. The van der Waals surface area contributed by atoms with Crippen molar-refractivity contribution in [3.8, 4) is 0 Å². The van der Waals surface area contributed by atoms with Crippen LogP contribution < -0.4 is 5.32 Å². The molecule has 0 aliphatic heterocycles. The highest BCUT2D eigenvalue weighted by Crippen LogP contribution is 2.36. The molecule has 118 valence electrons. The molecule has 1 aromatic rings. The lowest BCUT2D eigenvalue weighted by molar-refractivity contribution is -0.385. The molecular weight excluding hydrogens is 363 g/mol. The Bertz CT molecular complexity index is 660. The normalized spacial score (nSPS) is 15.7. The average molecular weight is 375 g/mol. The number of carboxylic acid groups (broad SMARTS) is 1. The predicted octanol–water partition coefficient (Wildman–Crippen LogP) is 2.62. The number of hydrogen-bond acceptors (Lipinski definition) is 4. The van der Waals surface area contributed by atoms with Gasteiger partial charge in [0.15, 0.2) is 0 Å². The molecule has 0 heterocycles. The summed E-state index contributed by atoms with van der Waals surface area (Å²) in [5.74, 6) is -2.71. The van der Waals surface area contributed by atoms with Crippen LogP contribution in [0.4, 0.5) is 10.1 Å². The number of amides is 1. The number of carbonyl (C=O) groups is 2. The first-order chi connectivity index (χ1) is 10.2. The van der Waals surface area contributed by atoms with Gasteiger partial charge in [-0.15, -0.1) is 0 Å². The molecule has 2 rings (SSSR count). The van der Waals surface area contributed by atoms with Gasteiger partial charge in [0.05, 0.1) is 28.5 Å². The summed E-state index contributed by atoms with van der Waals surface area (Å²) < 4.78 is 13.3. The molecule has 7 nitrogen and oxygen atoms in total. The molecule has 1 amide bonds. The van der Waals surface area contributed by atoms with Crippen LogP contribution in [0.25, 0.3) is 0 Å². The summed E-state index contributed by atoms with van der Waals surface area (Å²) in [7, 11) is 0. The minimum absolute atomic E-state index is 0.138. The molecule has 1 aliphatic rings. The summed E-state index contributed by atoms with van der Waals surface area (Å²) in [6.45, 7) is 0. The molecule has 1 aromatic carbocycles. The fourth-order valence-corrected chi connectivity index (χ4v) is 2.97. The Balaban J connectivity index is 2.30. The number of hydrogen-bond donors (Lipinski definition) is 2. The highest BCUT2D eigenvalue weighted by molar-refractivity contribution is 9.10. The number of benzene rings is 1. The number of aliphatic carboxylic acids is 1. The SMILES string of the molecule is O=C(O)CC1(NC(=O)c2cc(F)cc([N+](=O)[O-])c2Br)CCC1. The van der Waals surface area contributed by atoms with Crippen LogP contribution in [0.1, 0.15) is 36.0 Å². The maximum absolute atomic E-state index is 13.5. The van der Waals surface area contributed by atoms with E-state index in [0.717, 1.165) is 12.5 Å². The number of nitro groups is 1. The number of nitrogens with one attached hydrogen (secondary N) is 1. The fourth-order valence-electron chi connectivity index (χ4n) is 2.42. The zero-order valence-electron chi connectivity index (χ0n) is 11.3. The van der Waals surface area contributed by atoms with Gasteiger partial charge in [0.25, 0.3) is 11.6 Å². The smallest absolute Gasteiger partial charge is 0.305 e. The van der Waals surface area contributed by atoms with E-state index in [1.807, 2.05) is 0 Å². The van der Waals surface area contributed by atoms with Crippen LogP contribution in [0.2, 0.25) is 0 Å². The topological polar surface area (TPSA) is 110 Å². The lowest BCUT2D eigenvalue weighted by Crippen LogP contribution is -2.54. The molecule has 0 spiro atoms. The van der Waals surface area contributed by atoms with Crippen molar-refractivity contribution in [2.75, 3.05) is 0 Å². The summed E-state index contributed by atoms with van der Waals surface area (Å²) in [6, 6.07) is 1.58. The molecule has 2 N–H and O–H groups in total. The largest absolute Gasteiger partial charge is 0.481 e. The predicted molar refractivity (Wildman–Crippen MR) is 77.1 cm³/mol. The van der Waals surface area contributed by atoms with Crippen molar-refractivity contribution in [1.29, 1.82) is 0 Å². The van der Waals surface area contributed by atoms with Gasteiger partial charge in [-0.1, -0.05) is 0 Å². The number of nitro benzene ring substituents is 1. The Hall–Kier alpha value is -2.03. The zero-order valence-corrected chi connectivity index (χ0v) is 12.9. The molecule has 0 aromatic heterocycles. The van der Waals surface area contributed by atoms with Crippen LogP contribution in [0.15, 0.2) is 16.6 Å². The molecule has 1 aliphatic carbocycles. The molecule has 0 saturated heterocycles. The van der Waals surface area contributed by atoms with E-state index >= 15 is 0 Å². The van der Waals surface area contributed by atoms with Crippen LogP contribution in [0, 0.1) is 15.9 Å². The van der Waals surface area contributed by atoms with Gasteiger partial charge in [-0.25, -0.2) is 4.39 Å². The fraction of sp³-hybridized carbons (Fsp3) is 0.385. The third-order valence-electron chi connectivity index (χ3n) is 3.64. The van der Waals surface area contributed by atoms with E-state index < -0.39 is 33.8 Å². The third kappa shape index (κ3) is 3.24. The van der Waals surface area contributed by atoms with Crippen molar-refractivity contribution in [2.45, 2.75) is 31.2 Å². The number of carbonyl (C=O) groups excluding carboxylic acids is 1. The Labute approximate surface area is 132 Å². The van der Waals surface area contributed by atoms with Crippen molar-refractivity contribution < 1.29 is 24.0 Å². The van der Waals surface area contributed by atoms with E-state index in [1.165, 1.54) is 0 Å². The van der Waals surface area contributed by atoms with Gasteiger partial charge in [-0.3, -0.25) is 19.7 Å². The van der Waals surface area contributed by atoms with Gasteiger partial charge < -0.3 is 10.4 Å². The maximum Gasteiger partial charge on any atom is 0.305 e. The molecule has 0 atom stereocenters. The third-order valence-corrected chi connectivity index (χ3v) is 4.47. The Morgan fingerprint density at radius 2 is 2.09 bits per heavy atom. The van der Waals surface area contributed by atoms with Crippen LogP contribution in [-0.2, 0) is 4.79 Å². The highest BCUT2D eigenvalue weighted by Gasteiger charge is 2.41. The van der Waals surface area contributed by atoms with E-state index in [2.05, 4.69) is 21.2 Å². The first-order valence-electron chi connectivity index (χ1n) is 6.42. The van der Waals surface area contributed by atoms with Crippen LogP contribution in [0.3, 0.4) is 0 Å². The lowest BCUT2D eigenvalue weighted by Gasteiger charge is -2.41. The quantitative estimate of drug-likeness (QED) is 0.607. The van der Waals surface area contributed by atoms with Gasteiger partial charge in [-0.05, 0) is 41.3 Å². The molecule has 0 radical (unpaired) electrons. The highest BCUT2D eigenvalue weighted by atomic mass is 79.9. The Kier molecular flexibility index (Phi) is 4.45. The van der Waals surface area contributed by atoms with Crippen molar-refractivity contribution in [3.63, 3.8) is 0 Å². The van der Waals surface area contributed by atoms with Gasteiger partial charge in [-0.2, -0.15) is 0 Å². The molecular formula is C13H12BrFN2O5. The summed E-state index contributed by atoms with van der Waals surface area (Å²) in [6.07, 6.45) is 1.53. The van der Waals surface area contributed by atoms with Crippen LogP contribution in [0.5, 0.6) is 0 Å². The second-order valence-electron chi connectivity index (χ2n) is 5.20. The monoisotopic (exact) mass is 374 g/mol. The Morgan fingerprint density at radius 1 is 1.45 bits per heavy atom. The second-order valence-corrected chi connectivity index (χ2v) is 6.00.